The number of benzene rings is 1. The summed E-state index contributed by atoms with van der Waals surface area (Å²) in [6.07, 6.45) is 0.742. The molecule has 2 aromatic rings. The van der Waals surface area contributed by atoms with Crippen molar-refractivity contribution < 1.29 is 9.52 Å². The second kappa shape index (κ2) is 3.86. The van der Waals surface area contributed by atoms with Crippen LogP contribution in [0.15, 0.2) is 47.1 Å². The van der Waals surface area contributed by atoms with Crippen molar-refractivity contribution in [1.82, 2.24) is 0 Å². The van der Waals surface area contributed by atoms with Crippen LogP contribution in [0.2, 0.25) is 5.22 Å². The third-order valence-corrected chi connectivity index (χ3v) is 2.36. The third kappa shape index (κ3) is 1.67. The molecule has 72 valence electrons. The van der Waals surface area contributed by atoms with Crippen molar-refractivity contribution in [1.29, 1.82) is 0 Å². The van der Waals surface area contributed by atoms with Gasteiger partial charge in [0.05, 0.1) is 6.26 Å². The van der Waals surface area contributed by atoms with Gasteiger partial charge in [0.2, 0.25) is 0 Å². The summed E-state index contributed by atoms with van der Waals surface area (Å²) in [4.78, 5) is 0. The van der Waals surface area contributed by atoms with Crippen LogP contribution in [0.25, 0.3) is 0 Å². The Morgan fingerprint density at radius 2 is 1.86 bits per heavy atom. The van der Waals surface area contributed by atoms with Crippen molar-refractivity contribution in [2.24, 2.45) is 0 Å². The monoisotopic (exact) mass is 208 g/mol. The first-order valence-electron chi connectivity index (χ1n) is 4.25. The zero-order valence-electron chi connectivity index (χ0n) is 7.35. The van der Waals surface area contributed by atoms with E-state index in [1.165, 1.54) is 6.26 Å². The molecule has 0 aliphatic carbocycles. The lowest BCUT2D eigenvalue weighted by Crippen LogP contribution is -1.97. The zero-order chi connectivity index (χ0) is 9.97. The van der Waals surface area contributed by atoms with Crippen LogP contribution in [-0.4, -0.2) is 5.11 Å². The second-order valence-corrected chi connectivity index (χ2v) is 3.31. The third-order valence-electron chi connectivity index (χ3n) is 2.06. The highest BCUT2D eigenvalue weighted by Crippen LogP contribution is 2.28. The van der Waals surface area contributed by atoms with Crippen molar-refractivity contribution in [3.05, 3.63) is 59.0 Å². The largest absolute Gasteiger partial charge is 0.453 e. The summed E-state index contributed by atoms with van der Waals surface area (Å²) in [7, 11) is 0. The van der Waals surface area contributed by atoms with Crippen LogP contribution in [0.3, 0.4) is 0 Å². The molecule has 0 radical (unpaired) electrons. The van der Waals surface area contributed by atoms with Crippen molar-refractivity contribution in [2.75, 3.05) is 0 Å². The summed E-state index contributed by atoms with van der Waals surface area (Å²) in [6.45, 7) is 0. The summed E-state index contributed by atoms with van der Waals surface area (Å²) in [6, 6.07) is 11.0. The van der Waals surface area contributed by atoms with E-state index in [4.69, 9.17) is 16.0 Å². The maximum atomic E-state index is 9.92. The van der Waals surface area contributed by atoms with Crippen LogP contribution in [0, 0.1) is 0 Å². The first kappa shape index (κ1) is 9.31. The minimum absolute atomic E-state index is 0.237. The Kier molecular flexibility index (Phi) is 2.57. The molecule has 0 aliphatic rings. The fourth-order valence-electron chi connectivity index (χ4n) is 1.31. The van der Waals surface area contributed by atoms with Crippen LogP contribution in [0.4, 0.5) is 0 Å². The number of rotatable bonds is 2. The molecular weight excluding hydrogens is 200 g/mol. The molecule has 1 aromatic carbocycles. The average molecular weight is 209 g/mol. The Bertz CT molecular complexity index is 408. The quantitative estimate of drug-likeness (QED) is 0.823. The fourth-order valence-corrected chi connectivity index (χ4v) is 1.53. The van der Waals surface area contributed by atoms with Gasteiger partial charge in [0.25, 0.3) is 0 Å². The van der Waals surface area contributed by atoms with Gasteiger partial charge in [-0.2, -0.15) is 0 Å². The standard InChI is InChI=1S/C11H9ClO2/c12-11-9(6-7-14-11)10(13)8-4-2-1-3-5-8/h1-7,10,13H. The van der Waals surface area contributed by atoms with E-state index in [0.29, 0.717) is 5.56 Å². The summed E-state index contributed by atoms with van der Waals surface area (Å²) < 4.78 is 4.91. The molecule has 0 saturated heterocycles. The molecule has 0 amide bonds. The van der Waals surface area contributed by atoms with E-state index in [1.54, 1.807) is 6.07 Å². The van der Waals surface area contributed by atoms with Crippen molar-refractivity contribution in [3.8, 4) is 0 Å². The highest BCUT2D eigenvalue weighted by atomic mass is 35.5. The lowest BCUT2D eigenvalue weighted by molar-refractivity contribution is 0.219. The highest BCUT2D eigenvalue weighted by Gasteiger charge is 2.15. The van der Waals surface area contributed by atoms with E-state index in [9.17, 15) is 5.11 Å². The van der Waals surface area contributed by atoms with Gasteiger partial charge in [-0.15, -0.1) is 0 Å². The highest BCUT2D eigenvalue weighted by molar-refractivity contribution is 6.29. The normalized spacial score (nSPS) is 12.7. The van der Waals surface area contributed by atoms with E-state index < -0.39 is 6.10 Å². The molecule has 1 aromatic heterocycles. The smallest absolute Gasteiger partial charge is 0.199 e. The molecule has 0 aliphatic heterocycles. The van der Waals surface area contributed by atoms with Gasteiger partial charge >= 0.3 is 0 Å². The van der Waals surface area contributed by atoms with Gasteiger partial charge in [-0.05, 0) is 23.2 Å². The molecule has 1 unspecified atom stereocenters. The number of furan rings is 1. The van der Waals surface area contributed by atoms with Crippen LogP contribution in [0.5, 0.6) is 0 Å². The molecule has 14 heavy (non-hydrogen) atoms. The van der Waals surface area contributed by atoms with Crippen molar-refractivity contribution in [3.63, 3.8) is 0 Å². The Morgan fingerprint density at radius 1 is 1.14 bits per heavy atom. The molecular formula is C11H9ClO2. The molecule has 2 rings (SSSR count). The van der Waals surface area contributed by atoms with Crippen LogP contribution >= 0.6 is 11.6 Å². The van der Waals surface area contributed by atoms with Gasteiger partial charge in [-0.25, -0.2) is 0 Å². The molecule has 1 N–H and O–H groups in total. The van der Waals surface area contributed by atoms with E-state index in [1.807, 2.05) is 30.3 Å². The number of aliphatic hydroxyl groups is 1. The fraction of sp³-hybridized carbons (Fsp3) is 0.0909. The van der Waals surface area contributed by atoms with E-state index in [0.717, 1.165) is 5.56 Å². The van der Waals surface area contributed by atoms with Gasteiger partial charge < -0.3 is 9.52 Å². The van der Waals surface area contributed by atoms with Crippen LogP contribution < -0.4 is 0 Å². The van der Waals surface area contributed by atoms with Gasteiger partial charge in [0.15, 0.2) is 5.22 Å². The molecule has 0 saturated carbocycles. The van der Waals surface area contributed by atoms with Gasteiger partial charge in [0, 0.05) is 5.56 Å². The van der Waals surface area contributed by atoms with E-state index in [-0.39, 0.29) is 5.22 Å². The number of aliphatic hydroxyl groups excluding tert-OH is 1. The lowest BCUT2D eigenvalue weighted by atomic mass is 10.0. The van der Waals surface area contributed by atoms with Crippen LogP contribution in [0.1, 0.15) is 17.2 Å². The molecule has 0 fully saturated rings. The first-order chi connectivity index (χ1) is 6.79. The second-order valence-electron chi connectivity index (χ2n) is 2.96. The molecule has 1 atom stereocenters. The maximum absolute atomic E-state index is 9.92. The SMILES string of the molecule is OC(c1ccccc1)c1ccoc1Cl. The maximum Gasteiger partial charge on any atom is 0.199 e. The average Bonchev–Trinajstić information content (AvgIpc) is 2.65. The summed E-state index contributed by atoms with van der Waals surface area (Å²) in [5.74, 6) is 0. The molecule has 2 nitrogen and oxygen atoms in total. The number of hydrogen-bond donors (Lipinski definition) is 1. The van der Waals surface area contributed by atoms with Crippen molar-refractivity contribution in [2.45, 2.75) is 6.10 Å². The predicted octanol–water partition coefficient (Wildman–Crippen LogP) is 3.01. The van der Waals surface area contributed by atoms with Crippen molar-refractivity contribution >= 4 is 11.6 Å². The zero-order valence-corrected chi connectivity index (χ0v) is 8.11. The molecule has 3 heteroatoms. The van der Waals surface area contributed by atoms with Gasteiger partial charge in [-0.3, -0.25) is 0 Å². The van der Waals surface area contributed by atoms with Gasteiger partial charge in [-0.1, -0.05) is 30.3 Å². The van der Waals surface area contributed by atoms with Gasteiger partial charge in [0.1, 0.15) is 6.10 Å². The van der Waals surface area contributed by atoms with E-state index in [2.05, 4.69) is 0 Å². The number of halogens is 1. The Labute approximate surface area is 86.7 Å². The summed E-state index contributed by atoms with van der Waals surface area (Å²) >= 11 is 5.76. The minimum Gasteiger partial charge on any atom is -0.453 e. The summed E-state index contributed by atoms with van der Waals surface area (Å²) in [5.41, 5.74) is 1.40. The molecule has 0 bridgehead atoms. The predicted molar refractivity (Wildman–Crippen MR) is 54.2 cm³/mol. The topological polar surface area (TPSA) is 33.4 Å². The lowest BCUT2D eigenvalue weighted by Gasteiger charge is -2.08. The summed E-state index contributed by atoms with van der Waals surface area (Å²) in [5, 5.41) is 10.2. The Balaban J connectivity index is 2.34. The molecule has 1 heterocycles. The minimum atomic E-state index is -0.720. The first-order valence-corrected chi connectivity index (χ1v) is 4.63. The Hall–Kier alpha value is -1.25. The Morgan fingerprint density at radius 3 is 2.43 bits per heavy atom. The van der Waals surface area contributed by atoms with E-state index >= 15 is 0 Å². The molecule has 0 spiro atoms. The number of hydrogen-bond acceptors (Lipinski definition) is 2. The van der Waals surface area contributed by atoms with Crippen LogP contribution in [-0.2, 0) is 0 Å².